The van der Waals surface area contributed by atoms with Crippen LogP contribution in [0.3, 0.4) is 0 Å². The second-order valence-electron chi connectivity index (χ2n) is 2.79. The molecule has 0 saturated carbocycles. The van der Waals surface area contributed by atoms with Gasteiger partial charge in [0.2, 0.25) is 0 Å². The molecule has 0 spiro atoms. The number of esters is 1. The van der Waals surface area contributed by atoms with Gasteiger partial charge < -0.3 is 15.8 Å². The van der Waals surface area contributed by atoms with Crippen LogP contribution in [0, 0.1) is 0 Å². The van der Waals surface area contributed by atoms with Gasteiger partial charge >= 0.3 is 5.97 Å². The fraction of sp³-hybridized carbons (Fsp3) is 0.714. The largest absolute Gasteiger partial charge is 0.451 e. The third kappa shape index (κ3) is 3.20. The molecule has 13 heavy (non-hydrogen) atoms. The number of hydrogen-bond acceptors (Lipinski definition) is 4. The summed E-state index contributed by atoms with van der Waals surface area (Å²) < 4.78 is 4.81. The lowest BCUT2D eigenvalue weighted by Crippen LogP contribution is -2.35. The maximum atomic E-state index is 10.9. The number of hydrogen-bond donors (Lipinski definition) is 2. The summed E-state index contributed by atoms with van der Waals surface area (Å²) in [5.74, 6) is -0.763. The minimum atomic E-state index is -0.668. The Morgan fingerprint density at radius 2 is 2.38 bits per heavy atom. The lowest BCUT2D eigenvalue weighted by atomic mass is 10.3. The van der Waals surface area contributed by atoms with Gasteiger partial charge in [-0.3, -0.25) is 9.59 Å². The average Bonchev–Trinajstić information content (AvgIpc) is 2.36. The fourth-order valence-electron chi connectivity index (χ4n) is 0.931. The van der Waals surface area contributed by atoms with Gasteiger partial charge in [-0.25, -0.2) is 0 Å². The first-order chi connectivity index (χ1) is 5.61. The molecule has 1 rings (SSSR count). The van der Waals surface area contributed by atoms with Gasteiger partial charge in [-0.1, -0.05) is 0 Å². The van der Waals surface area contributed by atoms with Gasteiger partial charge in [-0.05, 0) is 6.92 Å². The van der Waals surface area contributed by atoms with Crippen molar-refractivity contribution in [1.82, 2.24) is 5.32 Å². The van der Waals surface area contributed by atoms with Crippen molar-refractivity contribution in [3.63, 3.8) is 0 Å². The number of nitrogens with two attached hydrogens (primary N) is 1. The third-order valence-electron chi connectivity index (χ3n) is 1.63. The summed E-state index contributed by atoms with van der Waals surface area (Å²) in [6.45, 7) is 2.09. The lowest BCUT2D eigenvalue weighted by molar-refractivity contribution is -0.154. The van der Waals surface area contributed by atoms with Crippen LogP contribution in [0.1, 0.15) is 13.3 Å². The highest BCUT2D eigenvalue weighted by atomic mass is 35.5. The zero-order chi connectivity index (χ0) is 9.14. The molecule has 1 fully saturated rings. The summed E-state index contributed by atoms with van der Waals surface area (Å²) in [7, 11) is 0. The van der Waals surface area contributed by atoms with E-state index in [4.69, 9.17) is 10.5 Å². The SMILES string of the molecule is C[C@H](N)C(=O)O[C@H]1CCNC1=O.Cl. The standard InChI is InChI=1S/C7H12N2O3.ClH/c1-4(8)7(11)12-5-2-3-9-6(5)10;/h4-5H,2-3,8H2,1H3,(H,9,10);1H/t4-,5-;/m0./s1. The Morgan fingerprint density at radius 1 is 1.77 bits per heavy atom. The van der Waals surface area contributed by atoms with Gasteiger partial charge in [-0.15, -0.1) is 12.4 Å². The molecular formula is C7H13ClN2O3. The van der Waals surface area contributed by atoms with Gasteiger partial charge in [0.15, 0.2) is 6.10 Å². The van der Waals surface area contributed by atoms with Gasteiger partial charge in [0.1, 0.15) is 6.04 Å². The van der Waals surface area contributed by atoms with E-state index in [-0.39, 0.29) is 18.3 Å². The second-order valence-corrected chi connectivity index (χ2v) is 2.79. The fourth-order valence-corrected chi connectivity index (χ4v) is 0.931. The summed E-state index contributed by atoms with van der Waals surface area (Å²) in [4.78, 5) is 21.8. The van der Waals surface area contributed by atoms with Crippen LogP contribution >= 0.6 is 12.4 Å². The Labute approximate surface area is 82.4 Å². The van der Waals surface area contributed by atoms with Crippen molar-refractivity contribution in [2.45, 2.75) is 25.5 Å². The van der Waals surface area contributed by atoms with Crippen LogP contribution in [0.2, 0.25) is 0 Å². The molecule has 1 saturated heterocycles. The monoisotopic (exact) mass is 208 g/mol. The molecule has 6 heteroatoms. The Balaban J connectivity index is 0.00000144. The van der Waals surface area contributed by atoms with E-state index in [1.165, 1.54) is 6.92 Å². The summed E-state index contributed by atoms with van der Waals surface area (Å²) >= 11 is 0. The summed E-state index contributed by atoms with van der Waals surface area (Å²) in [5, 5.41) is 2.56. The highest BCUT2D eigenvalue weighted by Crippen LogP contribution is 2.05. The predicted molar refractivity (Wildman–Crippen MR) is 48.4 cm³/mol. The Morgan fingerprint density at radius 3 is 2.77 bits per heavy atom. The van der Waals surface area contributed by atoms with Gasteiger partial charge in [0.05, 0.1) is 0 Å². The second kappa shape index (κ2) is 5.04. The molecule has 1 aliphatic heterocycles. The lowest BCUT2D eigenvalue weighted by Gasteiger charge is -2.10. The van der Waals surface area contributed by atoms with E-state index in [0.717, 1.165) is 0 Å². The van der Waals surface area contributed by atoms with Gasteiger partial charge in [0.25, 0.3) is 5.91 Å². The molecule has 0 aliphatic carbocycles. The van der Waals surface area contributed by atoms with Crippen molar-refractivity contribution < 1.29 is 14.3 Å². The third-order valence-corrected chi connectivity index (χ3v) is 1.63. The first-order valence-electron chi connectivity index (χ1n) is 3.85. The molecule has 1 aliphatic rings. The van der Waals surface area contributed by atoms with Crippen LogP contribution in [-0.4, -0.2) is 30.6 Å². The van der Waals surface area contributed by atoms with Crippen molar-refractivity contribution >= 4 is 24.3 Å². The normalized spacial score (nSPS) is 22.9. The van der Waals surface area contributed by atoms with E-state index in [9.17, 15) is 9.59 Å². The molecule has 5 nitrogen and oxygen atoms in total. The van der Waals surface area contributed by atoms with Crippen molar-refractivity contribution in [2.24, 2.45) is 5.73 Å². The quantitative estimate of drug-likeness (QED) is 0.582. The molecule has 1 heterocycles. The zero-order valence-electron chi connectivity index (χ0n) is 7.28. The topological polar surface area (TPSA) is 81.4 Å². The number of carbonyl (C=O) groups is 2. The maximum absolute atomic E-state index is 10.9. The Kier molecular flexibility index (Phi) is 4.72. The van der Waals surface area contributed by atoms with Crippen LogP contribution in [0.5, 0.6) is 0 Å². The highest BCUT2D eigenvalue weighted by molar-refractivity contribution is 5.86. The zero-order valence-corrected chi connectivity index (χ0v) is 8.10. The van der Waals surface area contributed by atoms with E-state index in [0.29, 0.717) is 13.0 Å². The molecule has 0 aromatic carbocycles. The molecule has 1 amide bonds. The Bertz CT molecular complexity index is 208. The predicted octanol–water partition coefficient (Wildman–Crippen LogP) is -0.813. The average molecular weight is 209 g/mol. The van der Waals surface area contributed by atoms with E-state index in [1.54, 1.807) is 0 Å². The molecule has 0 radical (unpaired) electrons. The van der Waals surface area contributed by atoms with Crippen LogP contribution in [0.15, 0.2) is 0 Å². The van der Waals surface area contributed by atoms with Crippen molar-refractivity contribution in [2.75, 3.05) is 6.54 Å². The van der Waals surface area contributed by atoms with Crippen LogP contribution in [0.25, 0.3) is 0 Å². The van der Waals surface area contributed by atoms with Crippen molar-refractivity contribution in [3.8, 4) is 0 Å². The van der Waals surface area contributed by atoms with Crippen molar-refractivity contribution in [3.05, 3.63) is 0 Å². The molecule has 76 valence electrons. The summed E-state index contributed by atoms with van der Waals surface area (Å²) in [6, 6.07) is -0.668. The first kappa shape index (κ1) is 12.2. The van der Waals surface area contributed by atoms with Crippen LogP contribution < -0.4 is 11.1 Å². The van der Waals surface area contributed by atoms with Crippen LogP contribution in [0.4, 0.5) is 0 Å². The van der Waals surface area contributed by atoms with E-state index in [2.05, 4.69) is 5.32 Å². The van der Waals surface area contributed by atoms with E-state index in [1.807, 2.05) is 0 Å². The van der Waals surface area contributed by atoms with Gasteiger partial charge in [0, 0.05) is 13.0 Å². The first-order valence-corrected chi connectivity index (χ1v) is 3.85. The van der Waals surface area contributed by atoms with Gasteiger partial charge in [-0.2, -0.15) is 0 Å². The number of ether oxygens (including phenoxy) is 1. The molecule has 2 atom stereocenters. The number of amides is 1. The number of rotatable bonds is 2. The minimum absolute atomic E-state index is 0. The van der Waals surface area contributed by atoms with Crippen LogP contribution in [-0.2, 0) is 14.3 Å². The molecule has 0 unspecified atom stereocenters. The molecule has 3 N–H and O–H groups in total. The molecule has 0 aromatic heterocycles. The molecule has 0 bridgehead atoms. The highest BCUT2D eigenvalue weighted by Gasteiger charge is 2.28. The smallest absolute Gasteiger partial charge is 0.323 e. The number of carbonyl (C=O) groups excluding carboxylic acids is 2. The number of halogens is 1. The summed E-state index contributed by atoms with van der Waals surface area (Å²) in [6.07, 6.45) is -0.0967. The molecular weight excluding hydrogens is 196 g/mol. The Hall–Kier alpha value is -0.810. The van der Waals surface area contributed by atoms with E-state index >= 15 is 0 Å². The van der Waals surface area contributed by atoms with Crippen molar-refractivity contribution in [1.29, 1.82) is 0 Å². The van der Waals surface area contributed by atoms with E-state index < -0.39 is 18.1 Å². The maximum Gasteiger partial charge on any atom is 0.323 e. The number of nitrogens with one attached hydrogen (secondary N) is 1. The summed E-state index contributed by atoms with van der Waals surface area (Å²) in [5.41, 5.74) is 5.25. The minimum Gasteiger partial charge on any atom is -0.451 e. The molecule has 0 aromatic rings.